The van der Waals surface area contributed by atoms with Crippen LogP contribution in [-0.2, 0) is 9.57 Å². The maximum atomic E-state index is 12.4. The van der Waals surface area contributed by atoms with E-state index in [1.165, 1.54) is 5.06 Å². The van der Waals surface area contributed by atoms with Crippen molar-refractivity contribution in [2.45, 2.75) is 19.9 Å². The lowest BCUT2D eigenvalue weighted by molar-refractivity contribution is -0.0942. The molecule has 0 aliphatic carbocycles. The van der Waals surface area contributed by atoms with Gasteiger partial charge in [-0.3, -0.25) is 4.84 Å². The van der Waals surface area contributed by atoms with Gasteiger partial charge in [0.2, 0.25) is 0 Å². The van der Waals surface area contributed by atoms with Gasteiger partial charge in [0, 0.05) is 13.7 Å². The Morgan fingerprint density at radius 3 is 2.74 bits per heavy atom. The monoisotopic (exact) mass is 266 g/mol. The number of carbonyl (C=O) groups excluding carboxylic acids is 1. The maximum Gasteiger partial charge on any atom is 0.349 e. The average molecular weight is 266 g/mol. The number of likely N-dealkylation sites (N-methyl/N-ethyl adjacent to an activating group) is 1. The van der Waals surface area contributed by atoms with E-state index in [1.807, 2.05) is 19.9 Å². The lowest BCUT2D eigenvalue weighted by atomic mass is 10.1. The quantitative estimate of drug-likeness (QED) is 0.664. The molecular formula is C14H22N2O3. The summed E-state index contributed by atoms with van der Waals surface area (Å²) in [6.07, 6.45) is 3.54. The van der Waals surface area contributed by atoms with Gasteiger partial charge in [-0.15, -0.1) is 6.58 Å². The van der Waals surface area contributed by atoms with Crippen molar-refractivity contribution in [1.29, 1.82) is 0 Å². The molecule has 0 saturated heterocycles. The highest BCUT2D eigenvalue weighted by molar-refractivity contribution is 5.78. The normalized spacial score (nSPS) is 19.4. The van der Waals surface area contributed by atoms with Crippen molar-refractivity contribution in [2.75, 3.05) is 26.9 Å². The van der Waals surface area contributed by atoms with Crippen LogP contribution in [0.15, 0.2) is 36.6 Å². The van der Waals surface area contributed by atoms with E-state index in [4.69, 9.17) is 9.57 Å². The molecule has 0 spiro atoms. The van der Waals surface area contributed by atoms with Crippen molar-refractivity contribution in [1.82, 2.24) is 9.96 Å². The maximum absolute atomic E-state index is 12.4. The molecule has 106 valence electrons. The second-order valence-corrected chi connectivity index (χ2v) is 4.30. The van der Waals surface area contributed by atoms with E-state index in [0.29, 0.717) is 18.8 Å². The van der Waals surface area contributed by atoms with Gasteiger partial charge in [0.15, 0.2) is 0 Å². The Balaban J connectivity index is 3.08. The van der Waals surface area contributed by atoms with Crippen LogP contribution in [0.5, 0.6) is 0 Å². The number of hydrogen-bond acceptors (Lipinski definition) is 3. The number of amides is 2. The number of carbonyl (C=O) groups is 1. The standard InChI is InChI=1S/C14H22N2O3/c1-6-8-19-16-13(11(3)4)9-12(10-18-5)15(7-2)14(16)17/h6,9,12H,1,3,7-8,10H2,2,4-5H3/t12-/m0/s1. The van der Waals surface area contributed by atoms with Crippen molar-refractivity contribution in [3.8, 4) is 0 Å². The van der Waals surface area contributed by atoms with Crippen LogP contribution in [0.25, 0.3) is 0 Å². The van der Waals surface area contributed by atoms with Gasteiger partial charge >= 0.3 is 6.03 Å². The number of urea groups is 1. The minimum absolute atomic E-state index is 0.0993. The molecule has 1 rings (SSSR count). The Morgan fingerprint density at radius 1 is 1.58 bits per heavy atom. The van der Waals surface area contributed by atoms with Crippen LogP contribution in [-0.4, -0.2) is 48.9 Å². The van der Waals surface area contributed by atoms with Crippen LogP contribution in [0.1, 0.15) is 13.8 Å². The van der Waals surface area contributed by atoms with Crippen molar-refractivity contribution >= 4 is 6.03 Å². The Kier molecular flexibility index (Phi) is 5.79. The lowest BCUT2D eigenvalue weighted by Gasteiger charge is -2.39. The predicted molar refractivity (Wildman–Crippen MR) is 74.3 cm³/mol. The fourth-order valence-electron chi connectivity index (χ4n) is 1.95. The third kappa shape index (κ3) is 3.45. The molecule has 0 bridgehead atoms. The summed E-state index contributed by atoms with van der Waals surface area (Å²) in [4.78, 5) is 19.5. The lowest BCUT2D eigenvalue weighted by Crippen LogP contribution is -2.52. The number of methoxy groups -OCH3 is 1. The van der Waals surface area contributed by atoms with E-state index in [9.17, 15) is 4.79 Å². The SMILES string of the molecule is C=CCON1C(=O)N(CC)[C@H](COC)C=C1C(=C)C. The first-order chi connectivity index (χ1) is 9.06. The summed E-state index contributed by atoms with van der Waals surface area (Å²) >= 11 is 0. The van der Waals surface area contributed by atoms with Gasteiger partial charge in [0.05, 0.1) is 25.0 Å². The molecule has 0 radical (unpaired) electrons. The van der Waals surface area contributed by atoms with Gasteiger partial charge in [0.25, 0.3) is 0 Å². The van der Waals surface area contributed by atoms with Crippen LogP contribution in [0.2, 0.25) is 0 Å². The first-order valence-electron chi connectivity index (χ1n) is 6.27. The number of nitrogens with zero attached hydrogens (tertiary/aromatic N) is 2. The van der Waals surface area contributed by atoms with Crippen LogP contribution >= 0.6 is 0 Å². The predicted octanol–water partition coefficient (Wildman–Crippen LogP) is 2.34. The summed E-state index contributed by atoms with van der Waals surface area (Å²) in [5, 5.41) is 1.28. The third-order valence-corrected chi connectivity index (χ3v) is 2.83. The first-order valence-corrected chi connectivity index (χ1v) is 6.27. The number of rotatable bonds is 7. The Labute approximate surface area is 114 Å². The van der Waals surface area contributed by atoms with Crippen LogP contribution in [0.4, 0.5) is 4.79 Å². The highest BCUT2D eigenvalue weighted by Crippen LogP contribution is 2.24. The van der Waals surface area contributed by atoms with Crippen molar-refractivity contribution < 1.29 is 14.4 Å². The van der Waals surface area contributed by atoms with E-state index in [-0.39, 0.29) is 18.7 Å². The molecule has 0 fully saturated rings. The van der Waals surface area contributed by atoms with Crippen LogP contribution in [0, 0.1) is 0 Å². The molecule has 1 heterocycles. The van der Waals surface area contributed by atoms with Crippen molar-refractivity contribution in [2.24, 2.45) is 0 Å². The molecular weight excluding hydrogens is 244 g/mol. The van der Waals surface area contributed by atoms with Gasteiger partial charge < -0.3 is 9.64 Å². The highest BCUT2D eigenvalue weighted by atomic mass is 16.7. The second-order valence-electron chi connectivity index (χ2n) is 4.30. The van der Waals surface area contributed by atoms with Gasteiger partial charge in [-0.1, -0.05) is 12.7 Å². The van der Waals surface area contributed by atoms with E-state index in [0.717, 1.165) is 5.57 Å². The summed E-state index contributed by atoms with van der Waals surface area (Å²) in [7, 11) is 1.62. The van der Waals surface area contributed by atoms with E-state index >= 15 is 0 Å². The molecule has 0 aromatic heterocycles. The topological polar surface area (TPSA) is 42.0 Å². The Bertz CT molecular complexity index is 390. The molecule has 0 aromatic carbocycles. The summed E-state index contributed by atoms with van der Waals surface area (Å²) < 4.78 is 5.16. The van der Waals surface area contributed by atoms with Gasteiger partial charge in [0.1, 0.15) is 0 Å². The third-order valence-electron chi connectivity index (χ3n) is 2.83. The van der Waals surface area contributed by atoms with E-state index in [1.54, 1.807) is 18.1 Å². The average Bonchev–Trinajstić information content (AvgIpc) is 2.37. The number of hydroxylamine groups is 2. The first kappa shape index (κ1) is 15.5. The highest BCUT2D eigenvalue weighted by Gasteiger charge is 2.34. The van der Waals surface area contributed by atoms with Crippen LogP contribution < -0.4 is 0 Å². The zero-order chi connectivity index (χ0) is 14.4. The zero-order valence-corrected chi connectivity index (χ0v) is 11.9. The van der Waals surface area contributed by atoms with Crippen molar-refractivity contribution in [3.63, 3.8) is 0 Å². The van der Waals surface area contributed by atoms with E-state index < -0.39 is 0 Å². The molecule has 1 aliphatic heterocycles. The summed E-state index contributed by atoms with van der Waals surface area (Å²) in [6, 6.07) is -0.301. The smallest absolute Gasteiger partial charge is 0.349 e. The summed E-state index contributed by atoms with van der Waals surface area (Å²) in [5.74, 6) is 0. The van der Waals surface area contributed by atoms with Gasteiger partial charge in [-0.05, 0) is 25.5 Å². The molecule has 1 atom stereocenters. The van der Waals surface area contributed by atoms with Gasteiger partial charge in [-0.25, -0.2) is 4.79 Å². The Morgan fingerprint density at radius 2 is 2.26 bits per heavy atom. The van der Waals surface area contributed by atoms with Crippen molar-refractivity contribution in [3.05, 3.63) is 36.6 Å². The molecule has 19 heavy (non-hydrogen) atoms. The zero-order valence-electron chi connectivity index (χ0n) is 11.9. The molecule has 5 heteroatoms. The molecule has 2 amide bonds. The molecule has 0 saturated carbocycles. The fourth-order valence-corrected chi connectivity index (χ4v) is 1.95. The largest absolute Gasteiger partial charge is 0.382 e. The molecule has 0 unspecified atom stereocenters. The Hall–Kier alpha value is -1.59. The minimum atomic E-state index is -0.202. The molecule has 5 nitrogen and oxygen atoms in total. The van der Waals surface area contributed by atoms with E-state index in [2.05, 4.69) is 13.2 Å². The molecule has 0 aromatic rings. The number of hydrogen-bond donors (Lipinski definition) is 0. The number of allylic oxidation sites excluding steroid dienone is 1. The summed E-state index contributed by atoms with van der Waals surface area (Å²) in [5.41, 5.74) is 1.45. The minimum Gasteiger partial charge on any atom is -0.382 e. The number of ether oxygens (including phenoxy) is 1. The fraction of sp³-hybridized carbons (Fsp3) is 0.500. The second kappa shape index (κ2) is 7.11. The molecule has 0 N–H and O–H groups in total. The van der Waals surface area contributed by atoms with Gasteiger partial charge in [-0.2, -0.15) is 5.06 Å². The van der Waals surface area contributed by atoms with Crippen LogP contribution in [0.3, 0.4) is 0 Å². The summed E-state index contributed by atoms with van der Waals surface area (Å²) in [6.45, 7) is 12.5. The molecule has 1 aliphatic rings.